The van der Waals surface area contributed by atoms with Crippen LogP contribution in [0.5, 0.6) is 0 Å². The maximum Gasteiger partial charge on any atom is 0.254 e. The normalized spacial score (nSPS) is 13.5. The van der Waals surface area contributed by atoms with E-state index in [-0.39, 0.29) is 5.91 Å². The molecular formula is C13H16N4OS. The van der Waals surface area contributed by atoms with Crippen LogP contribution in [-0.2, 0) is 26.3 Å². The molecule has 5 nitrogen and oxygen atoms in total. The largest absolute Gasteiger partial charge is 0.352 e. The predicted octanol–water partition coefficient (Wildman–Crippen LogP) is 1.34. The van der Waals surface area contributed by atoms with Crippen molar-refractivity contribution in [2.45, 2.75) is 25.7 Å². The summed E-state index contributed by atoms with van der Waals surface area (Å²) in [6.45, 7) is 0.625. The SMILES string of the molecule is Cn1cc(C(=O)NCCc2nc3c(s2)CCC3)cn1. The highest BCUT2D eigenvalue weighted by Gasteiger charge is 2.16. The van der Waals surface area contributed by atoms with Crippen LogP contribution in [0, 0.1) is 0 Å². The molecule has 6 heteroatoms. The lowest BCUT2D eigenvalue weighted by atomic mass is 10.3. The van der Waals surface area contributed by atoms with Gasteiger partial charge in [-0.3, -0.25) is 9.48 Å². The molecule has 0 saturated carbocycles. The van der Waals surface area contributed by atoms with Gasteiger partial charge in [-0.15, -0.1) is 11.3 Å². The van der Waals surface area contributed by atoms with Crippen molar-refractivity contribution in [1.29, 1.82) is 0 Å². The summed E-state index contributed by atoms with van der Waals surface area (Å²) in [4.78, 5) is 17.9. The van der Waals surface area contributed by atoms with E-state index < -0.39 is 0 Å². The average Bonchev–Trinajstić information content (AvgIpc) is 3.03. The predicted molar refractivity (Wildman–Crippen MR) is 73.4 cm³/mol. The maximum atomic E-state index is 11.8. The van der Waals surface area contributed by atoms with E-state index in [4.69, 9.17) is 0 Å². The molecular weight excluding hydrogens is 260 g/mol. The second-order valence-electron chi connectivity index (χ2n) is 4.74. The summed E-state index contributed by atoms with van der Waals surface area (Å²) in [6, 6.07) is 0. The van der Waals surface area contributed by atoms with Crippen LogP contribution < -0.4 is 5.32 Å². The molecule has 1 aliphatic rings. The van der Waals surface area contributed by atoms with Gasteiger partial charge in [0, 0.05) is 31.1 Å². The molecule has 1 amide bonds. The first-order chi connectivity index (χ1) is 9.22. The lowest BCUT2D eigenvalue weighted by molar-refractivity contribution is 0.0954. The molecule has 3 rings (SSSR count). The lowest BCUT2D eigenvalue weighted by Gasteiger charge is -2.01. The minimum Gasteiger partial charge on any atom is -0.352 e. The van der Waals surface area contributed by atoms with Gasteiger partial charge in [0.2, 0.25) is 0 Å². The standard InChI is InChI=1S/C13H16N4OS/c1-17-8-9(7-15-17)13(18)14-6-5-12-16-10-3-2-4-11(10)19-12/h7-8H,2-6H2,1H3,(H,14,18). The fourth-order valence-electron chi connectivity index (χ4n) is 2.27. The quantitative estimate of drug-likeness (QED) is 0.916. The molecule has 0 aromatic carbocycles. The molecule has 0 fully saturated rings. The molecule has 1 aliphatic carbocycles. The number of hydrogen-bond acceptors (Lipinski definition) is 4. The summed E-state index contributed by atoms with van der Waals surface area (Å²) < 4.78 is 1.63. The van der Waals surface area contributed by atoms with Crippen molar-refractivity contribution in [3.05, 3.63) is 33.5 Å². The molecule has 2 aromatic rings. The minimum atomic E-state index is -0.0720. The zero-order chi connectivity index (χ0) is 13.2. The third kappa shape index (κ3) is 2.68. The Balaban J connectivity index is 1.51. The van der Waals surface area contributed by atoms with E-state index in [0.717, 1.165) is 17.8 Å². The number of fused-ring (bicyclic) bond motifs is 1. The summed E-state index contributed by atoms with van der Waals surface area (Å²) >= 11 is 1.79. The summed E-state index contributed by atoms with van der Waals surface area (Å²) in [5.41, 5.74) is 1.88. The number of rotatable bonds is 4. The summed E-state index contributed by atoms with van der Waals surface area (Å²) in [5, 5.41) is 8.02. The second kappa shape index (κ2) is 5.13. The molecule has 2 heterocycles. The van der Waals surface area contributed by atoms with Crippen molar-refractivity contribution in [3.8, 4) is 0 Å². The molecule has 100 valence electrons. The lowest BCUT2D eigenvalue weighted by Crippen LogP contribution is -2.25. The van der Waals surface area contributed by atoms with E-state index in [1.807, 2.05) is 0 Å². The van der Waals surface area contributed by atoms with Crippen LogP contribution in [0.25, 0.3) is 0 Å². The Morgan fingerprint density at radius 2 is 2.42 bits per heavy atom. The Kier molecular flexibility index (Phi) is 3.33. The van der Waals surface area contributed by atoms with E-state index >= 15 is 0 Å². The van der Waals surface area contributed by atoms with Crippen LogP contribution in [0.4, 0.5) is 0 Å². The van der Waals surface area contributed by atoms with Crippen molar-refractivity contribution >= 4 is 17.2 Å². The number of nitrogens with one attached hydrogen (secondary N) is 1. The van der Waals surface area contributed by atoms with Gasteiger partial charge >= 0.3 is 0 Å². The van der Waals surface area contributed by atoms with Gasteiger partial charge in [-0.1, -0.05) is 0 Å². The van der Waals surface area contributed by atoms with Gasteiger partial charge in [0.1, 0.15) is 0 Å². The van der Waals surface area contributed by atoms with E-state index in [2.05, 4.69) is 15.4 Å². The zero-order valence-corrected chi connectivity index (χ0v) is 11.7. The molecule has 0 saturated heterocycles. The average molecular weight is 276 g/mol. The van der Waals surface area contributed by atoms with Crippen molar-refractivity contribution in [1.82, 2.24) is 20.1 Å². The second-order valence-corrected chi connectivity index (χ2v) is 5.91. The topological polar surface area (TPSA) is 59.8 Å². The number of carbonyl (C=O) groups excluding carboxylic acids is 1. The zero-order valence-electron chi connectivity index (χ0n) is 10.8. The van der Waals surface area contributed by atoms with Crippen molar-refractivity contribution in [3.63, 3.8) is 0 Å². The Morgan fingerprint density at radius 1 is 1.53 bits per heavy atom. The smallest absolute Gasteiger partial charge is 0.254 e. The van der Waals surface area contributed by atoms with Gasteiger partial charge in [0.15, 0.2) is 0 Å². The van der Waals surface area contributed by atoms with E-state index in [1.165, 1.54) is 23.4 Å². The van der Waals surface area contributed by atoms with Crippen LogP contribution >= 0.6 is 11.3 Å². The van der Waals surface area contributed by atoms with Crippen molar-refractivity contribution < 1.29 is 4.79 Å². The van der Waals surface area contributed by atoms with Crippen LogP contribution in [0.2, 0.25) is 0 Å². The van der Waals surface area contributed by atoms with Gasteiger partial charge in [-0.25, -0.2) is 4.98 Å². The number of aromatic nitrogens is 3. The molecule has 0 bridgehead atoms. The maximum absolute atomic E-state index is 11.8. The van der Waals surface area contributed by atoms with E-state index in [0.29, 0.717) is 12.1 Å². The summed E-state index contributed by atoms with van der Waals surface area (Å²) in [7, 11) is 1.80. The Morgan fingerprint density at radius 3 is 3.16 bits per heavy atom. The summed E-state index contributed by atoms with van der Waals surface area (Å²) in [5.74, 6) is -0.0720. The molecule has 1 N–H and O–H groups in total. The number of nitrogens with zero attached hydrogens (tertiary/aromatic N) is 3. The van der Waals surface area contributed by atoms with Gasteiger partial charge in [0.25, 0.3) is 5.91 Å². The Labute approximate surface area is 115 Å². The number of amides is 1. The van der Waals surface area contributed by atoms with Crippen molar-refractivity contribution in [2.75, 3.05) is 6.54 Å². The molecule has 19 heavy (non-hydrogen) atoms. The highest BCUT2D eigenvalue weighted by molar-refractivity contribution is 7.11. The Bertz CT molecular complexity index is 580. The third-order valence-electron chi connectivity index (χ3n) is 3.23. The number of carbonyl (C=O) groups is 1. The van der Waals surface area contributed by atoms with E-state index in [9.17, 15) is 4.79 Å². The molecule has 0 atom stereocenters. The van der Waals surface area contributed by atoms with Crippen LogP contribution in [0.1, 0.15) is 32.4 Å². The molecule has 2 aromatic heterocycles. The fraction of sp³-hybridized carbons (Fsp3) is 0.462. The molecule has 0 aliphatic heterocycles. The molecule has 0 radical (unpaired) electrons. The number of thiazole rings is 1. The highest BCUT2D eigenvalue weighted by atomic mass is 32.1. The van der Waals surface area contributed by atoms with Gasteiger partial charge in [0.05, 0.1) is 22.5 Å². The van der Waals surface area contributed by atoms with Gasteiger partial charge in [-0.2, -0.15) is 5.10 Å². The first-order valence-corrected chi connectivity index (χ1v) is 7.28. The third-order valence-corrected chi connectivity index (χ3v) is 4.45. The van der Waals surface area contributed by atoms with Gasteiger partial charge < -0.3 is 5.32 Å². The number of hydrogen-bond donors (Lipinski definition) is 1. The molecule has 0 spiro atoms. The first-order valence-electron chi connectivity index (χ1n) is 6.46. The molecule has 0 unspecified atom stereocenters. The Hall–Kier alpha value is -1.69. The van der Waals surface area contributed by atoms with Crippen LogP contribution in [0.3, 0.4) is 0 Å². The first kappa shape index (κ1) is 12.3. The van der Waals surface area contributed by atoms with E-state index in [1.54, 1.807) is 35.5 Å². The highest BCUT2D eigenvalue weighted by Crippen LogP contribution is 2.27. The van der Waals surface area contributed by atoms with Crippen LogP contribution in [-0.4, -0.2) is 27.2 Å². The number of aryl methyl sites for hydroxylation is 3. The fourth-order valence-corrected chi connectivity index (χ4v) is 3.43. The van der Waals surface area contributed by atoms with Crippen LogP contribution in [0.15, 0.2) is 12.4 Å². The monoisotopic (exact) mass is 276 g/mol. The van der Waals surface area contributed by atoms with Crippen molar-refractivity contribution in [2.24, 2.45) is 7.05 Å². The minimum absolute atomic E-state index is 0.0720. The van der Waals surface area contributed by atoms with Gasteiger partial charge in [-0.05, 0) is 19.3 Å². The summed E-state index contributed by atoms with van der Waals surface area (Å²) in [6.07, 6.45) is 7.64.